The van der Waals surface area contributed by atoms with Gasteiger partial charge in [-0.3, -0.25) is 0 Å². The van der Waals surface area contributed by atoms with E-state index >= 15 is 0 Å². The summed E-state index contributed by atoms with van der Waals surface area (Å²) in [6, 6.07) is 0. The maximum absolute atomic E-state index is 5.20. The number of hydrogen-bond acceptors (Lipinski definition) is 1. The Kier molecular flexibility index (Phi) is 12.5. The molecule has 0 aliphatic rings. The third-order valence-corrected chi connectivity index (χ3v) is 3.37. The molecule has 0 radical (unpaired) electrons. The minimum absolute atomic E-state index is 0.464. The zero-order valence-corrected chi connectivity index (χ0v) is 14.5. The third-order valence-electron chi connectivity index (χ3n) is 2.20. The predicted molar refractivity (Wildman–Crippen MR) is 58.5 cm³/mol. The van der Waals surface area contributed by atoms with Crippen LogP contribution in [-0.2, 0) is 3.07 Å². The summed E-state index contributed by atoms with van der Waals surface area (Å²) in [5, 5.41) is 0. The molecular weight excluding hydrogens is 255 g/mol. The van der Waals surface area contributed by atoms with Crippen molar-refractivity contribution < 1.29 is 3.07 Å². The van der Waals surface area contributed by atoms with Crippen LogP contribution in [0.2, 0.25) is 0 Å². The summed E-state index contributed by atoms with van der Waals surface area (Å²) in [4.78, 5) is 0. The Morgan fingerprint density at radius 1 is 0.833 bits per heavy atom. The maximum atomic E-state index is 5.20. The Bertz CT molecular complexity index is 66.2. The average molecular weight is 279 g/mol. The molecule has 1 nitrogen and oxygen atoms in total. The van der Waals surface area contributed by atoms with Crippen molar-refractivity contribution in [3.8, 4) is 0 Å². The predicted octanol–water partition coefficient (Wildman–Crippen LogP) is 2.42. The molecule has 0 aromatic heterocycles. The van der Waals surface area contributed by atoms with Crippen molar-refractivity contribution in [2.75, 3.05) is 6.61 Å². The number of rotatable bonds is 9. The van der Waals surface area contributed by atoms with E-state index < -0.39 is 0 Å². The standard InChI is InChI=1S/C10H21O.Sn.3H/c1-2-3-4-5-6-7-8-9-10-11;;;;/h2-10H2,1H3;;;;/q-1;+1;;;. The molecule has 0 bridgehead atoms. The molecule has 0 fully saturated rings. The molecule has 2 heteroatoms. The van der Waals surface area contributed by atoms with Gasteiger partial charge in [0.15, 0.2) is 0 Å². The molecule has 0 amide bonds. The Morgan fingerprint density at radius 2 is 1.33 bits per heavy atom. The van der Waals surface area contributed by atoms with E-state index in [0.29, 0.717) is 22.9 Å². The van der Waals surface area contributed by atoms with Crippen LogP contribution in [0.15, 0.2) is 0 Å². The Balaban J connectivity index is 2.73. The zero-order valence-electron chi connectivity index (χ0n) is 8.77. The van der Waals surface area contributed by atoms with Crippen LogP contribution in [-0.4, -0.2) is 29.5 Å². The van der Waals surface area contributed by atoms with Crippen LogP contribution in [0, 0.1) is 0 Å². The topological polar surface area (TPSA) is 9.23 Å². The van der Waals surface area contributed by atoms with Gasteiger partial charge in [-0.25, -0.2) is 0 Å². The van der Waals surface area contributed by atoms with Gasteiger partial charge in [0.2, 0.25) is 0 Å². The molecule has 74 valence electrons. The number of unbranched alkanes of at least 4 members (excludes halogenated alkanes) is 7. The first kappa shape index (κ1) is 12.8. The van der Waals surface area contributed by atoms with Crippen LogP contribution in [0.4, 0.5) is 0 Å². The van der Waals surface area contributed by atoms with E-state index in [1.165, 1.54) is 51.4 Å². The second-order valence-electron chi connectivity index (χ2n) is 3.47. The van der Waals surface area contributed by atoms with E-state index in [0.717, 1.165) is 6.61 Å². The molecule has 0 N–H and O–H groups in total. The van der Waals surface area contributed by atoms with Gasteiger partial charge in [0, 0.05) is 0 Å². The first-order valence-electron chi connectivity index (χ1n) is 5.40. The first-order valence-corrected chi connectivity index (χ1v) is 7.73. The van der Waals surface area contributed by atoms with Gasteiger partial charge in [-0.1, -0.05) is 0 Å². The van der Waals surface area contributed by atoms with Gasteiger partial charge < -0.3 is 0 Å². The summed E-state index contributed by atoms with van der Waals surface area (Å²) >= 11 is 0.464. The summed E-state index contributed by atoms with van der Waals surface area (Å²) in [5.74, 6) is 0. The molecule has 0 saturated heterocycles. The molecule has 0 aromatic carbocycles. The summed E-state index contributed by atoms with van der Waals surface area (Å²) in [7, 11) is 0. The van der Waals surface area contributed by atoms with Crippen LogP contribution in [0.5, 0.6) is 0 Å². The SMILES string of the molecule is CCCCCCCCCC[O][SnH3]. The molecule has 0 heterocycles. The van der Waals surface area contributed by atoms with E-state index in [-0.39, 0.29) is 0 Å². The second-order valence-corrected chi connectivity index (χ2v) is 5.12. The van der Waals surface area contributed by atoms with E-state index in [2.05, 4.69) is 6.92 Å². The van der Waals surface area contributed by atoms with Crippen LogP contribution in [0.25, 0.3) is 0 Å². The van der Waals surface area contributed by atoms with Crippen molar-refractivity contribution >= 4 is 22.9 Å². The summed E-state index contributed by atoms with van der Waals surface area (Å²) in [5.41, 5.74) is 0. The molecule has 0 atom stereocenters. The Morgan fingerprint density at radius 3 is 1.83 bits per heavy atom. The van der Waals surface area contributed by atoms with E-state index in [4.69, 9.17) is 3.07 Å². The normalized spacial score (nSPS) is 10.8. The molecule has 0 unspecified atom stereocenters. The fraction of sp³-hybridized carbons (Fsp3) is 1.00. The van der Waals surface area contributed by atoms with Gasteiger partial charge in [0.05, 0.1) is 0 Å². The Hall–Kier alpha value is 0.759. The van der Waals surface area contributed by atoms with Gasteiger partial charge in [0.1, 0.15) is 0 Å². The van der Waals surface area contributed by atoms with Gasteiger partial charge in [0.25, 0.3) is 0 Å². The van der Waals surface area contributed by atoms with E-state index in [1.54, 1.807) is 0 Å². The summed E-state index contributed by atoms with van der Waals surface area (Å²) < 4.78 is 5.20. The molecule has 0 aliphatic heterocycles. The van der Waals surface area contributed by atoms with Crippen molar-refractivity contribution in [2.45, 2.75) is 58.3 Å². The molecule has 0 spiro atoms. The van der Waals surface area contributed by atoms with Crippen molar-refractivity contribution in [2.24, 2.45) is 0 Å². The summed E-state index contributed by atoms with van der Waals surface area (Å²) in [6.07, 6.45) is 11.2. The van der Waals surface area contributed by atoms with Crippen LogP contribution in [0.3, 0.4) is 0 Å². The fourth-order valence-electron chi connectivity index (χ4n) is 1.38. The quantitative estimate of drug-likeness (QED) is 0.465. The molecule has 12 heavy (non-hydrogen) atoms. The fourth-order valence-corrected chi connectivity index (χ4v) is 2.20. The monoisotopic (exact) mass is 280 g/mol. The minimum atomic E-state index is 0.464. The van der Waals surface area contributed by atoms with Crippen LogP contribution in [0.1, 0.15) is 58.3 Å². The number of hydrogen-bond donors (Lipinski definition) is 0. The van der Waals surface area contributed by atoms with Crippen molar-refractivity contribution in [3.63, 3.8) is 0 Å². The van der Waals surface area contributed by atoms with Gasteiger partial charge >= 0.3 is 90.9 Å². The zero-order chi connectivity index (χ0) is 9.07. The summed E-state index contributed by atoms with van der Waals surface area (Å²) in [6.45, 7) is 3.30. The van der Waals surface area contributed by atoms with Gasteiger partial charge in [-0.05, 0) is 0 Å². The Labute approximate surface area is 90.9 Å². The molecule has 0 rings (SSSR count). The van der Waals surface area contributed by atoms with Crippen LogP contribution >= 0.6 is 0 Å². The van der Waals surface area contributed by atoms with Gasteiger partial charge in [-0.15, -0.1) is 0 Å². The van der Waals surface area contributed by atoms with Crippen molar-refractivity contribution in [1.82, 2.24) is 0 Å². The molecule has 0 saturated carbocycles. The van der Waals surface area contributed by atoms with E-state index in [1.807, 2.05) is 0 Å². The second kappa shape index (κ2) is 11.8. The first-order chi connectivity index (χ1) is 5.91. The van der Waals surface area contributed by atoms with E-state index in [9.17, 15) is 0 Å². The van der Waals surface area contributed by atoms with Crippen LogP contribution < -0.4 is 0 Å². The molecule has 0 aromatic rings. The van der Waals surface area contributed by atoms with Crippen molar-refractivity contribution in [1.29, 1.82) is 0 Å². The van der Waals surface area contributed by atoms with Gasteiger partial charge in [-0.2, -0.15) is 0 Å². The third kappa shape index (κ3) is 10.8. The molecular formula is C10H24OSn. The average Bonchev–Trinajstić information content (AvgIpc) is 2.10. The molecule has 0 aliphatic carbocycles. The van der Waals surface area contributed by atoms with Crippen molar-refractivity contribution in [3.05, 3.63) is 0 Å².